The number of nitrogens with zero attached hydrogens (tertiary/aromatic N) is 5. The lowest BCUT2D eigenvalue weighted by Gasteiger charge is -2.32. The number of likely N-dealkylation sites (N-methyl/N-ethyl adjacent to an activating group) is 1. The Balaban J connectivity index is 1.54. The van der Waals surface area contributed by atoms with Gasteiger partial charge in [0.1, 0.15) is 5.82 Å². The lowest BCUT2D eigenvalue weighted by molar-refractivity contribution is -0.137. The van der Waals surface area contributed by atoms with Gasteiger partial charge in [0.15, 0.2) is 5.16 Å². The molecule has 168 valence electrons. The Labute approximate surface area is 181 Å². The fourth-order valence-electron chi connectivity index (χ4n) is 3.02. The van der Waals surface area contributed by atoms with Crippen molar-refractivity contribution in [2.75, 3.05) is 44.3 Å². The van der Waals surface area contributed by atoms with Crippen LogP contribution >= 0.6 is 11.8 Å². The maximum Gasteiger partial charge on any atom is 0.416 e. The van der Waals surface area contributed by atoms with Crippen LogP contribution in [0.5, 0.6) is 0 Å². The highest BCUT2D eigenvalue weighted by molar-refractivity contribution is 7.99. The quantitative estimate of drug-likeness (QED) is 0.669. The standard InChI is InChI=1S/C19H23F3N6O2S/c1-26-6-8-28(9-7-26)17(30)12-31-18-25-24-15(27(18)2)11-16(29)23-14-5-3-4-13(10-14)19(20,21)22/h3-5,10H,6-9,11-12H2,1-2H3,(H,23,29). The molecule has 1 aliphatic heterocycles. The largest absolute Gasteiger partial charge is 0.416 e. The second-order valence-electron chi connectivity index (χ2n) is 7.23. The third-order valence-corrected chi connectivity index (χ3v) is 5.90. The van der Waals surface area contributed by atoms with E-state index < -0.39 is 17.6 Å². The number of halogens is 3. The number of benzene rings is 1. The third kappa shape index (κ3) is 6.20. The third-order valence-electron chi connectivity index (χ3n) is 4.90. The van der Waals surface area contributed by atoms with Gasteiger partial charge < -0.3 is 19.7 Å². The number of thioether (sulfide) groups is 1. The molecule has 1 aromatic heterocycles. The number of anilines is 1. The lowest BCUT2D eigenvalue weighted by Crippen LogP contribution is -2.47. The van der Waals surface area contributed by atoms with E-state index in [1.165, 1.54) is 23.9 Å². The van der Waals surface area contributed by atoms with Crippen LogP contribution in [0.4, 0.5) is 18.9 Å². The van der Waals surface area contributed by atoms with E-state index >= 15 is 0 Å². The van der Waals surface area contributed by atoms with E-state index in [2.05, 4.69) is 20.4 Å². The zero-order valence-electron chi connectivity index (χ0n) is 17.1. The molecule has 2 amide bonds. The summed E-state index contributed by atoms with van der Waals surface area (Å²) in [6.07, 6.45) is -4.65. The van der Waals surface area contributed by atoms with Crippen molar-refractivity contribution in [3.05, 3.63) is 35.7 Å². The summed E-state index contributed by atoms with van der Waals surface area (Å²) in [5.41, 5.74) is -0.790. The normalized spacial score (nSPS) is 15.2. The van der Waals surface area contributed by atoms with Crippen LogP contribution < -0.4 is 5.32 Å². The first kappa shape index (κ1) is 23.1. The number of amides is 2. The molecule has 3 rings (SSSR count). The van der Waals surface area contributed by atoms with Gasteiger partial charge in [-0.1, -0.05) is 17.8 Å². The molecule has 31 heavy (non-hydrogen) atoms. The van der Waals surface area contributed by atoms with Gasteiger partial charge in [0.05, 0.1) is 17.7 Å². The van der Waals surface area contributed by atoms with Gasteiger partial charge in [-0.3, -0.25) is 9.59 Å². The van der Waals surface area contributed by atoms with Crippen LogP contribution in [0.3, 0.4) is 0 Å². The molecule has 0 atom stereocenters. The fraction of sp³-hybridized carbons (Fsp3) is 0.474. The van der Waals surface area contributed by atoms with Gasteiger partial charge in [-0.05, 0) is 25.2 Å². The minimum absolute atomic E-state index is 0.0185. The molecule has 1 fully saturated rings. The number of aromatic nitrogens is 3. The number of rotatable bonds is 6. The van der Waals surface area contributed by atoms with Crippen molar-refractivity contribution in [3.63, 3.8) is 0 Å². The highest BCUT2D eigenvalue weighted by atomic mass is 32.2. The average molecular weight is 456 g/mol. The highest BCUT2D eigenvalue weighted by Crippen LogP contribution is 2.30. The minimum Gasteiger partial charge on any atom is -0.339 e. The predicted molar refractivity (Wildman–Crippen MR) is 110 cm³/mol. The number of piperazine rings is 1. The van der Waals surface area contributed by atoms with E-state index in [4.69, 9.17) is 0 Å². The van der Waals surface area contributed by atoms with E-state index in [9.17, 15) is 22.8 Å². The zero-order chi connectivity index (χ0) is 22.6. The molecule has 12 heteroatoms. The zero-order valence-corrected chi connectivity index (χ0v) is 18.0. The number of nitrogens with one attached hydrogen (secondary N) is 1. The van der Waals surface area contributed by atoms with Crippen LogP contribution in [-0.2, 0) is 29.2 Å². The van der Waals surface area contributed by atoms with E-state index in [1.807, 2.05) is 11.9 Å². The van der Waals surface area contributed by atoms with E-state index in [0.717, 1.165) is 25.2 Å². The van der Waals surface area contributed by atoms with Crippen molar-refractivity contribution in [1.29, 1.82) is 0 Å². The van der Waals surface area contributed by atoms with Crippen LogP contribution in [0.25, 0.3) is 0 Å². The fourth-order valence-corrected chi connectivity index (χ4v) is 3.85. The maximum atomic E-state index is 12.8. The molecule has 0 saturated carbocycles. The average Bonchev–Trinajstić information content (AvgIpc) is 3.05. The summed E-state index contributed by atoms with van der Waals surface area (Å²) < 4.78 is 40.0. The predicted octanol–water partition coefficient (Wildman–Crippen LogP) is 1.88. The number of carbonyl (C=O) groups excluding carboxylic acids is 2. The van der Waals surface area contributed by atoms with Crippen molar-refractivity contribution in [2.24, 2.45) is 7.05 Å². The van der Waals surface area contributed by atoms with Crippen molar-refractivity contribution in [2.45, 2.75) is 17.8 Å². The molecule has 2 heterocycles. The molecule has 0 aliphatic carbocycles. The van der Waals surface area contributed by atoms with Gasteiger partial charge in [0.25, 0.3) is 0 Å². The Morgan fingerprint density at radius 2 is 1.84 bits per heavy atom. The molecule has 2 aromatic rings. The summed E-state index contributed by atoms with van der Waals surface area (Å²) in [5, 5.41) is 10.9. The molecule has 0 bridgehead atoms. The Kier molecular flexibility index (Phi) is 7.21. The summed E-state index contributed by atoms with van der Waals surface area (Å²) in [4.78, 5) is 28.6. The molecule has 1 aromatic carbocycles. The molecule has 8 nitrogen and oxygen atoms in total. The molecular formula is C19H23F3N6O2S. The topological polar surface area (TPSA) is 83.4 Å². The molecule has 1 saturated heterocycles. The summed E-state index contributed by atoms with van der Waals surface area (Å²) in [6.45, 7) is 3.06. The second-order valence-corrected chi connectivity index (χ2v) is 8.18. The summed E-state index contributed by atoms with van der Waals surface area (Å²) in [5.74, 6) is 0.0652. The molecular weight excluding hydrogens is 433 g/mol. The number of hydrogen-bond donors (Lipinski definition) is 1. The van der Waals surface area contributed by atoms with Crippen molar-refractivity contribution >= 4 is 29.3 Å². The maximum absolute atomic E-state index is 12.8. The van der Waals surface area contributed by atoms with Crippen molar-refractivity contribution in [1.82, 2.24) is 24.6 Å². The van der Waals surface area contributed by atoms with Crippen LogP contribution in [0.1, 0.15) is 11.4 Å². The number of carbonyl (C=O) groups is 2. The number of hydrogen-bond acceptors (Lipinski definition) is 6. The first-order valence-corrected chi connectivity index (χ1v) is 10.6. The molecule has 0 radical (unpaired) electrons. The molecule has 1 aliphatic rings. The Bertz CT molecular complexity index is 941. The lowest BCUT2D eigenvalue weighted by atomic mass is 10.2. The summed E-state index contributed by atoms with van der Waals surface area (Å²) >= 11 is 1.23. The Hall–Kier alpha value is -2.60. The minimum atomic E-state index is -4.49. The molecule has 1 N–H and O–H groups in total. The van der Waals surface area contributed by atoms with Gasteiger partial charge in [-0.2, -0.15) is 13.2 Å². The van der Waals surface area contributed by atoms with Crippen molar-refractivity contribution < 1.29 is 22.8 Å². The first-order chi connectivity index (χ1) is 14.6. The Morgan fingerprint density at radius 1 is 1.13 bits per heavy atom. The first-order valence-electron chi connectivity index (χ1n) is 9.58. The van der Waals surface area contributed by atoms with Gasteiger partial charge in [-0.25, -0.2) is 0 Å². The van der Waals surface area contributed by atoms with Gasteiger partial charge >= 0.3 is 6.18 Å². The number of alkyl halides is 3. The monoisotopic (exact) mass is 456 g/mol. The van der Waals surface area contributed by atoms with Gasteiger partial charge in [0, 0.05) is 38.9 Å². The smallest absolute Gasteiger partial charge is 0.339 e. The van der Waals surface area contributed by atoms with Gasteiger partial charge in [0.2, 0.25) is 11.8 Å². The highest BCUT2D eigenvalue weighted by Gasteiger charge is 2.30. The van der Waals surface area contributed by atoms with E-state index in [-0.39, 0.29) is 23.8 Å². The van der Waals surface area contributed by atoms with Crippen LogP contribution in [0, 0.1) is 0 Å². The SMILES string of the molecule is CN1CCN(C(=O)CSc2nnc(CC(=O)Nc3cccc(C(F)(F)F)c3)n2C)CC1. The second kappa shape index (κ2) is 9.69. The van der Waals surface area contributed by atoms with Crippen LogP contribution in [0.2, 0.25) is 0 Å². The summed E-state index contributed by atoms with van der Waals surface area (Å²) in [6, 6.07) is 4.42. The van der Waals surface area contributed by atoms with E-state index in [0.29, 0.717) is 24.1 Å². The van der Waals surface area contributed by atoms with Gasteiger partial charge in [-0.15, -0.1) is 10.2 Å². The summed E-state index contributed by atoms with van der Waals surface area (Å²) in [7, 11) is 3.69. The van der Waals surface area contributed by atoms with Crippen LogP contribution in [0.15, 0.2) is 29.4 Å². The van der Waals surface area contributed by atoms with Crippen molar-refractivity contribution in [3.8, 4) is 0 Å². The van der Waals surface area contributed by atoms with Crippen LogP contribution in [-0.4, -0.2) is 75.4 Å². The molecule has 0 unspecified atom stereocenters. The molecule has 0 spiro atoms. The Morgan fingerprint density at radius 3 is 2.52 bits per heavy atom. The van der Waals surface area contributed by atoms with E-state index in [1.54, 1.807) is 11.6 Å².